The number of alkyl halides is 3. The second kappa shape index (κ2) is 9.21. The van der Waals surface area contributed by atoms with Gasteiger partial charge in [0.1, 0.15) is 12.1 Å². The fourth-order valence-electron chi connectivity index (χ4n) is 4.15. The monoisotopic (exact) mass is 490 g/mol. The lowest BCUT2D eigenvalue weighted by atomic mass is 9.91. The molecule has 186 valence electrons. The summed E-state index contributed by atoms with van der Waals surface area (Å²) in [6.07, 6.45) is -4.61. The average Bonchev–Trinajstić information content (AvgIpc) is 3.03. The van der Waals surface area contributed by atoms with E-state index in [2.05, 4.69) is 10.6 Å². The van der Waals surface area contributed by atoms with Gasteiger partial charge in [-0.3, -0.25) is 14.5 Å². The van der Waals surface area contributed by atoms with E-state index in [0.29, 0.717) is 37.6 Å². The molecule has 1 unspecified atom stereocenters. The van der Waals surface area contributed by atoms with Crippen molar-refractivity contribution in [3.05, 3.63) is 59.2 Å². The number of hydrogen-bond acceptors (Lipinski definition) is 5. The fourth-order valence-corrected chi connectivity index (χ4v) is 4.15. The maximum absolute atomic E-state index is 13.3. The largest absolute Gasteiger partial charge is 0.416 e. The molecule has 8 nitrogen and oxygen atoms in total. The van der Waals surface area contributed by atoms with E-state index in [9.17, 15) is 27.6 Å². The van der Waals surface area contributed by atoms with Crippen LogP contribution < -0.4 is 15.5 Å². The molecule has 0 spiro atoms. The van der Waals surface area contributed by atoms with Gasteiger partial charge in [-0.2, -0.15) is 13.2 Å². The average molecular weight is 490 g/mol. The molecular weight excluding hydrogens is 465 g/mol. The van der Waals surface area contributed by atoms with Crippen LogP contribution in [0.5, 0.6) is 0 Å². The van der Waals surface area contributed by atoms with Crippen LogP contribution in [0.1, 0.15) is 23.6 Å². The van der Waals surface area contributed by atoms with Crippen molar-refractivity contribution in [1.29, 1.82) is 0 Å². The van der Waals surface area contributed by atoms with Gasteiger partial charge in [-0.1, -0.05) is 29.8 Å². The number of imide groups is 1. The van der Waals surface area contributed by atoms with Crippen LogP contribution in [0.3, 0.4) is 0 Å². The van der Waals surface area contributed by atoms with Crippen LogP contribution in [0, 0.1) is 6.92 Å². The molecule has 2 saturated heterocycles. The number of hydrogen-bond donors (Lipinski definition) is 2. The number of nitrogens with zero attached hydrogens (tertiary/aromatic N) is 2. The minimum absolute atomic E-state index is 0.0555. The smallest absolute Gasteiger partial charge is 0.378 e. The molecule has 2 aliphatic heterocycles. The summed E-state index contributed by atoms with van der Waals surface area (Å²) in [5.41, 5.74) is -0.414. The molecular formula is C24H25F3N4O4. The molecule has 2 aliphatic rings. The van der Waals surface area contributed by atoms with Gasteiger partial charge in [0.2, 0.25) is 5.91 Å². The van der Waals surface area contributed by atoms with E-state index in [0.717, 1.165) is 22.6 Å². The Hall–Kier alpha value is -3.60. The molecule has 4 rings (SSSR count). The van der Waals surface area contributed by atoms with Gasteiger partial charge < -0.3 is 20.3 Å². The van der Waals surface area contributed by atoms with Crippen molar-refractivity contribution in [3.63, 3.8) is 0 Å². The van der Waals surface area contributed by atoms with Gasteiger partial charge in [0.05, 0.1) is 30.2 Å². The van der Waals surface area contributed by atoms with E-state index in [-0.39, 0.29) is 5.69 Å². The molecule has 0 aliphatic carbocycles. The third-order valence-electron chi connectivity index (χ3n) is 6.16. The Bertz CT molecular complexity index is 1150. The van der Waals surface area contributed by atoms with Crippen molar-refractivity contribution in [3.8, 4) is 0 Å². The van der Waals surface area contributed by atoms with Crippen LogP contribution in [0.25, 0.3) is 0 Å². The Morgan fingerprint density at radius 1 is 1.11 bits per heavy atom. The molecule has 2 aromatic rings. The van der Waals surface area contributed by atoms with Crippen LogP contribution >= 0.6 is 0 Å². The van der Waals surface area contributed by atoms with Gasteiger partial charge in [0, 0.05) is 13.1 Å². The number of rotatable bonds is 5. The molecule has 0 saturated carbocycles. The zero-order chi connectivity index (χ0) is 25.4. The fraction of sp³-hybridized carbons (Fsp3) is 0.375. The Balaban J connectivity index is 1.55. The van der Waals surface area contributed by atoms with Crippen molar-refractivity contribution in [2.24, 2.45) is 0 Å². The Morgan fingerprint density at radius 3 is 2.40 bits per heavy atom. The number of halogens is 3. The molecule has 11 heteroatoms. The highest BCUT2D eigenvalue weighted by atomic mass is 19.4. The number of morpholine rings is 1. The summed E-state index contributed by atoms with van der Waals surface area (Å²) >= 11 is 0. The lowest BCUT2D eigenvalue weighted by Gasteiger charge is -2.31. The highest BCUT2D eigenvalue weighted by Gasteiger charge is 2.49. The first-order chi connectivity index (χ1) is 16.5. The van der Waals surface area contributed by atoms with Gasteiger partial charge >= 0.3 is 12.2 Å². The highest BCUT2D eigenvalue weighted by molar-refractivity contribution is 6.10. The van der Waals surface area contributed by atoms with Crippen LogP contribution in [0.4, 0.5) is 29.3 Å². The number of carbonyl (C=O) groups is 3. The number of aryl methyl sites for hydroxylation is 1. The number of ether oxygens (including phenoxy) is 1. The third kappa shape index (κ3) is 4.95. The van der Waals surface area contributed by atoms with Crippen LogP contribution in [-0.2, 0) is 26.0 Å². The first-order valence-corrected chi connectivity index (χ1v) is 11.0. The number of carbonyl (C=O) groups excluding carboxylic acids is 3. The quantitative estimate of drug-likeness (QED) is 0.628. The van der Waals surface area contributed by atoms with E-state index in [4.69, 9.17) is 4.74 Å². The third-order valence-corrected chi connectivity index (χ3v) is 6.16. The standard InChI is InChI=1S/C24H25F3N4O4/c1-15-3-5-16(6-4-15)23(2)21(33)31(22(34)29-23)14-20(32)28-18-13-17(24(25,26)27)7-8-19(18)30-9-11-35-12-10-30/h3-8,13H,9-12,14H2,1-2H3,(H,28,32)(H,29,34). The molecule has 2 heterocycles. The predicted molar refractivity (Wildman–Crippen MR) is 122 cm³/mol. The maximum atomic E-state index is 13.3. The first kappa shape index (κ1) is 24.5. The Kier molecular flexibility index (Phi) is 6.46. The second-order valence-electron chi connectivity index (χ2n) is 8.69. The summed E-state index contributed by atoms with van der Waals surface area (Å²) in [4.78, 5) is 41.1. The lowest BCUT2D eigenvalue weighted by molar-refractivity contribution is -0.137. The lowest BCUT2D eigenvalue weighted by Crippen LogP contribution is -2.42. The van der Waals surface area contributed by atoms with E-state index < -0.39 is 41.7 Å². The van der Waals surface area contributed by atoms with E-state index in [1.165, 1.54) is 6.07 Å². The summed E-state index contributed by atoms with van der Waals surface area (Å²) in [6.45, 7) is 4.45. The van der Waals surface area contributed by atoms with Crippen molar-refractivity contribution < 1.29 is 32.3 Å². The summed E-state index contributed by atoms with van der Waals surface area (Å²) in [7, 11) is 0. The summed E-state index contributed by atoms with van der Waals surface area (Å²) in [5.74, 6) is -1.42. The zero-order valence-electron chi connectivity index (χ0n) is 19.2. The molecule has 35 heavy (non-hydrogen) atoms. The first-order valence-electron chi connectivity index (χ1n) is 11.0. The highest BCUT2D eigenvalue weighted by Crippen LogP contribution is 2.36. The van der Waals surface area contributed by atoms with Crippen molar-refractivity contribution >= 4 is 29.2 Å². The second-order valence-corrected chi connectivity index (χ2v) is 8.69. The number of urea groups is 1. The predicted octanol–water partition coefficient (Wildman–Crippen LogP) is 3.26. The molecule has 2 aromatic carbocycles. The van der Waals surface area contributed by atoms with Crippen molar-refractivity contribution in [1.82, 2.24) is 10.2 Å². The zero-order valence-corrected chi connectivity index (χ0v) is 19.2. The van der Waals surface area contributed by atoms with E-state index in [1.54, 1.807) is 36.1 Å². The van der Waals surface area contributed by atoms with E-state index >= 15 is 0 Å². The van der Waals surface area contributed by atoms with E-state index in [1.807, 2.05) is 6.92 Å². The number of amides is 4. The van der Waals surface area contributed by atoms with Gasteiger partial charge in [-0.15, -0.1) is 0 Å². The van der Waals surface area contributed by atoms with Crippen LogP contribution in [0.2, 0.25) is 0 Å². The molecule has 0 aromatic heterocycles. The maximum Gasteiger partial charge on any atom is 0.416 e. The van der Waals surface area contributed by atoms with Gasteiger partial charge in [0.25, 0.3) is 5.91 Å². The van der Waals surface area contributed by atoms with Gasteiger partial charge in [0.15, 0.2) is 0 Å². The summed E-state index contributed by atoms with van der Waals surface area (Å²) < 4.78 is 45.3. The SMILES string of the molecule is Cc1ccc(C2(C)NC(=O)N(CC(=O)Nc3cc(C(F)(F)F)ccc3N3CCOCC3)C2=O)cc1. The minimum atomic E-state index is -4.61. The molecule has 0 radical (unpaired) electrons. The number of nitrogens with one attached hydrogen (secondary N) is 2. The van der Waals surface area contributed by atoms with Crippen LogP contribution in [0.15, 0.2) is 42.5 Å². The Labute approximate surface area is 200 Å². The Morgan fingerprint density at radius 2 is 1.77 bits per heavy atom. The summed E-state index contributed by atoms with van der Waals surface area (Å²) in [5, 5.41) is 5.08. The van der Waals surface area contributed by atoms with Crippen molar-refractivity contribution in [2.75, 3.05) is 43.1 Å². The topological polar surface area (TPSA) is 91.0 Å². The molecule has 2 N–H and O–H groups in total. The van der Waals surface area contributed by atoms with Crippen molar-refractivity contribution in [2.45, 2.75) is 25.6 Å². The molecule has 2 fully saturated rings. The normalized spacial score (nSPS) is 20.7. The van der Waals surface area contributed by atoms with Crippen LogP contribution in [-0.4, -0.2) is 55.6 Å². The number of benzene rings is 2. The molecule has 1 atom stereocenters. The molecule has 0 bridgehead atoms. The summed E-state index contributed by atoms with van der Waals surface area (Å²) in [6, 6.07) is 9.38. The molecule has 4 amide bonds. The van der Waals surface area contributed by atoms with Gasteiger partial charge in [-0.25, -0.2) is 4.79 Å². The minimum Gasteiger partial charge on any atom is -0.378 e. The number of anilines is 2. The van der Waals surface area contributed by atoms with Gasteiger partial charge in [-0.05, 0) is 37.6 Å².